The number of nitrogens with zero attached hydrogens (tertiary/aromatic N) is 1. The van der Waals surface area contributed by atoms with Gasteiger partial charge in [-0.15, -0.1) is 0 Å². The molecule has 0 saturated heterocycles. The second kappa shape index (κ2) is 6.44. The van der Waals surface area contributed by atoms with Crippen LogP contribution in [0.15, 0.2) is 18.2 Å². The molecule has 0 saturated carbocycles. The molecule has 5 heteroatoms. The Morgan fingerprint density at radius 2 is 2.11 bits per heavy atom. The smallest absolute Gasteiger partial charge is 0.244 e. The number of ether oxygens (including phenoxy) is 1. The largest absolute Gasteiger partial charge is 0.495 e. The molecule has 1 rings (SSSR count). The van der Waals surface area contributed by atoms with Gasteiger partial charge in [0, 0.05) is 5.02 Å². The Bertz CT molecular complexity index is 505. The molecule has 102 valence electrons. The maximum absolute atomic E-state index is 12.3. The minimum absolute atomic E-state index is 0.333. The number of halogens is 1. The molecule has 4 nitrogen and oxygen atoms in total. The second-order valence-corrected chi connectivity index (χ2v) is 4.64. The first-order valence-electron chi connectivity index (χ1n) is 6.09. The van der Waals surface area contributed by atoms with E-state index in [4.69, 9.17) is 16.3 Å². The zero-order chi connectivity index (χ0) is 14.5. The van der Waals surface area contributed by atoms with Gasteiger partial charge in [-0.05, 0) is 31.0 Å². The normalized spacial score (nSPS) is 10.7. The van der Waals surface area contributed by atoms with Crippen molar-refractivity contribution in [2.24, 2.45) is 5.41 Å². The zero-order valence-corrected chi connectivity index (χ0v) is 12.0. The van der Waals surface area contributed by atoms with Gasteiger partial charge >= 0.3 is 0 Å². The lowest BCUT2D eigenvalue weighted by Crippen LogP contribution is -2.34. The zero-order valence-electron chi connectivity index (χ0n) is 11.3. The Morgan fingerprint density at radius 1 is 1.47 bits per heavy atom. The van der Waals surface area contributed by atoms with E-state index in [1.807, 2.05) is 13.8 Å². The van der Waals surface area contributed by atoms with Crippen LogP contribution in [0, 0.1) is 16.7 Å². The number of benzene rings is 1. The molecule has 0 bridgehead atoms. The molecule has 0 atom stereocenters. The Kier molecular flexibility index (Phi) is 5.20. The lowest BCUT2D eigenvalue weighted by Gasteiger charge is -2.22. The molecular formula is C14H17ClN2O2. The number of amides is 1. The van der Waals surface area contributed by atoms with Gasteiger partial charge in [0.1, 0.15) is 11.2 Å². The number of carbonyl (C=O) groups is 1. The van der Waals surface area contributed by atoms with Gasteiger partial charge in [-0.3, -0.25) is 4.79 Å². The van der Waals surface area contributed by atoms with E-state index in [1.54, 1.807) is 18.2 Å². The second-order valence-electron chi connectivity index (χ2n) is 4.20. The molecule has 1 aromatic carbocycles. The average Bonchev–Trinajstić information content (AvgIpc) is 2.41. The predicted molar refractivity (Wildman–Crippen MR) is 75.3 cm³/mol. The first-order chi connectivity index (χ1) is 9.02. The van der Waals surface area contributed by atoms with Gasteiger partial charge in [0.15, 0.2) is 0 Å². The van der Waals surface area contributed by atoms with Crippen LogP contribution < -0.4 is 10.1 Å². The predicted octanol–water partition coefficient (Wildman–Crippen LogP) is 3.62. The molecular weight excluding hydrogens is 264 g/mol. The lowest BCUT2D eigenvalue weighted by molar-refractivity contribution is -0.123. The fourth-order valence-electron chi connectivity index (χ4n) is 1.80. The minimum Gasteiger partial charge on any atom is -0.495 e. The van der Waals surface area contributed by atoms with Gasteiger partial charge in [-0.2, -0.15) is 5.26 Å². The van der Waals surface area contributed by atoms with Crippen molar-refractivity contribution in [1.29, 1.82) is 5.26 Å². The van der Waals surface area contributed by atoms with Crippen LogP contribution in [0.5, 0.6) is 5.75 Å². The molecule has 1 N–H and O–H groups in total. The van der Waals surface area contributed by atoms with Gasteiger partial charge in [-0.25, -0.2) is 0 Å². The molecule has 19 heavy (non-hydrogen) atoms. The van der Waals surface area contributed by atoms with E-state index in [1.165, 1.54) is 7.11 Å². The molecule has 0 unspecified atom stereocenters. The first kappa shape index (κ1) is 15.3. The van der Waals surface area contributed by atoms with Gasteiger partial charge in [-0.1, -0.05) is 25.4 Å². The first-order valence-corrected chi connectivity index (χ1v) is 6.47. The van der Waals surface area contributed by atoms with Crippen LogP contribution in [0.1, 0.15) is 26.7 Å². The maximum Gasteiger partial charge on any atom is 0.244 e. The van der Waals surface area contributed by atoms with Crippen molar-refractivity contribution in [3.8, 4) is 11.8 Å². The number of nitrogens with one attached hydrogen (secondary N) is 1. The summed E-state index contributed by atoms with van der Waals surface area (Å²) in [5.41, 5.74) is -0.547. The van der Waals surface area contributed by atoms with E-state index < -0.39 is 5.41 Å². The summed E-state index contributed by atoms with van der Waals surface area (Å²) in [4.78, 5) is 12.3. The number of hydrogen-bond acceptors (Lipinski definition) is 3. The Hall–Kier alpha value is -1.73. The van der Waals surface area contributed by atoms with Crippen molar-refractivity contribution in [1.82, 2.24) is 0 Å². The highest BCUT2D eigenvalue weighted by Crippen LogP contribution is 2.32. The molecule has 0 radical (unpaired) electrons. The summed E-state index contributed by atoms with van der Waals surface area (Å²) in [5.74, 6) is 0.178. The Morgan fingerprint density at radius 3 is 2.58 bits per heavy atom. The van der Waals surface area contributed by atoms with Crippen LogP contribution >= 0.6 is 11.6 Å². The van der Waals surface area contributed by atoms with Crippen LogP contribution in [0.2, 0.25) is 5.02 Å². The van der Waals surface area contributed by atoms with E-state index in [0.717, 1.165) is 0 Å². The highest BCUT2D eigenvalue weighted by molar-refractivity contribution is 6.31. The quantitative estimate of drug-likeness (QED) is 0.896. The van der Waals surface area contributed by atoms with Crippen LogP contribution in [0.25, 0.3) is 0 Å². The number of anilines is 1. The lowest BCUT2D eigenvalue weighted by atomic mass is 9.83. The summed E-state index contributed by atoms with van der Waals surface area (Å²) in [7, 11) is 1.51. The number of methoxy groups -OCH3 is 1. The number of hydrogen-bond donors (Lipinski definition) is 1. The van der Waals surface area contributed by atoms with Crippen LogP contribution in [-0.2, 0) is 4.79 Å². The van der Waals surface area contributed by atoms with Crippen molar-refractivity contribution in [3.05, 3.63) is 23.2 Å². The van der Waals surface area contributed by atoms with Crippen LogP contribution in [-0.4, -0.2) is 13.0 Å². The van der Waals surface area contributed by atoms with Gasteiger partial charge in [0.2, 0.25) is 5.91 Å². The molecule has 1 amide bonds. The van der Waals surface area contributed by atoms with Crippen molar-refractivity contribution in [2.45, 2.75) is 26.7 Å². The SMILES string of the molecule is CCC(C#N)(CC)C(=O)Nc1cc(Cl)ccc1OC. The highest BCUT2D eigenvalue weighted by atomic mass is 35.5. The number of carbonyl (C=O) groups excluding carboxylic acids is 1. The molecule has 0 aliphatic rings. The summed E-state index contributed by atoms with van der Waals surface area (Å²) in [6.45, 7) is 3.64. The van der Waals surface area contributed by atoms with Crippen LogP contribution in [0.4, 0.5) is 5.69 Å². The van der Waals surface area contributed by atoms with Gasteiger partial charge in [0.25, 0.3) is 0 Å². The topological polar surface area (TPSA) is 62.1 Å². The van der Waals surface area contributed by atoms with E-state index in [2.05, 4.69) is 11.4 Å². The molecule has 0 aliphatic carbocycles. The fraction of sp³-hybridized carbons (Fsp3) is 0.429. The third-order valence-corrected chi connectivity index (χ3v) is 3.50. The van der Waals surface area contributed by atoms with Crippen molar-refractivity contribution in [3.63, 3.8) is 0 Å². The standard InChI is InChI=1S/C14H17ClN2O2/c1-4-14(5-2,9-16)13(18)17-11-8-10(15)6-7-12(11)19-3/h6-8H,4-5H2,1-3H3,(H,17,18). The fourth-order valence-corrected chi connectivity index (χ4v) is 1.97. The van der Waals surface area contributed by atoms with E-state index >= 15 is 0 Å². The average molecular weight is 281 g/mol. The summed E-state index contributed by atoms with van der Waals surface area (Å²) in [6, 6.07) is 7.05. The Labute approximate surface area is 118 Å². The molecule has 0 aliphatic heterocycles. The summed E-state index contributed by atoms with van der Waals surface area (Å²) in [5, 5.41) is 12.5. The summed E-state index contributed by atoms with van der Waals surface area (Å²) in [6.07, 6.45) is 0.906. The monoisotopic (exact) mass is 280 g/mol. The summed E-state index contributed by atoms with van der Waals surface area (Å²) >= 11 is 5.90. The minimum atomic E-state index is -1.02. The van der Waals surface area contributed by atoms with Crippen molar-refractivity contribution >= 4 is 23.2 Å². The Balaban J connectivity index is 3.06. The molecule has 0 fully saturated rings. The van der Waals surface area contributed by atoms with E-state index in [-0.39, 0.29) is 5.91 Å². The molecule has 1 aromatic rings. The third-order valence-electron chi connectivity index (χ3n) is 3.27. The van der Waals surface area contributed by atoms with Crippen molar-refractivity contribution in [2.75, 3.05) is 12.4 Å². The summed E-state index contributed by atoms with van der Waals surface area (Å²) < 4.78 is 5.16. The molecule has 0 heterocycles. The molecule has 0 spiro atoms. The maximum atomic E-state index is 12.3. The van der Waals surface area contributed by atoms with E-state index in [9.17, 15) is 10.1 Å². The number of rotatable bonds is 5. The third kappa shape index (κ3) is 3.18. The van der Waals surface area contributed by atoms with Crippen molar-refractivity contribution < 1.29 is 9.53 Å². The molecule has 0 aromatic heterocycles. The highest BCUT2D eigenvalue weighted by Gasteiger charge is 2.35. The van der Waals surface area contributed by atoms with Crippen LogP contribution in [0.3, 0.4) is 0 Å². The van der Waals surface area contributed by atoms with Gasteiger partial charge < -0.3 is 10.1 Å². The van der Waals surface area contributed by atoms with E-state index in [0.29, 0.717) is 29.3 Å². The number of nitriles is 1. The van der Waals surface area contributed by atoms with Gasteiger partial charge in [0.05, 0.1) is 18.9 Å².